The number of ether oxygens (including phenoxy) is 5. The number of hydrazine groups is 1. The number of carbonyl (C=O) groups is 2. The van der Waals surface area contributed by atoms with E-state index in [0.29, 0.717) is 42.4 Å². The summed E-state index contributed by atoms with van der Waals surface area (Å²) in [5, 5.41) is 12.1. The van der Waals surface area contributed by atoms with E-state index in [1.165, 1.54) is 34.4 Å². The molecular formula is C66H80N8O9S. The Morgan fingerprint density at radius 1 is 0.679 bits per heavy atom. The summed E-state index contributed by atoms with van der Waals surface area (Å²) in [5.41, 5.74) is 9.72. The fourth-order valence-electron chi connectivity index (χ4n) is 9.58. The predicted octanol–water partition coefficient (Wildman–Crippen LogP) is 11.8. The molecule has 2 aliphatic rings. The lowest BCUT2D eigenvalue weighted by atomic mass is 9.93. The highest BCUT2D eigenvalue weighted by Crippen LogP contribution is 2.41. The normalized spacial score (nSPS) is 14.3. The van der Waals surface area contributed by atoms with Gasteiger partial charge in [0.1, 0.15) is 18.8 Å². The van der Waals surface area contributed by atoms with Crippen molar-refractivity contribution in [1.82, 2.24) is 16.4 Å². The summed E-state index contributed by atoms with van der Waals surface area (Å²) in [6, 6.07) is 51.2. The number of para-hydroxylation sites is 3. The van der Waals surface area contributed by atoms with E-state index in [1.54, 1.807) is 64.3 Å². The highest BCUT2D eigenvalue weighted by Gasteiger charge is 2.39. The molecule has 0 aromatic heterocycles. The van der Waals surface area contributed by atoms with E-state index in [2.05, 4.69) is 85.0 Å². The van der Waals surface area contributed by atoms with Crippen LogP contribution in [0.4, 0.5) is 21.9 Å². The maximum atomic E-state index is 13.6. The topological polar surface area (TPSA) is 224 Å². The van der Waals surface area contributed by atoms with E-state index in [0.717, 1.165) is 63.7 Å². The van der Waals surface area contributed by atoms with Gasteiger partial charge in [-0.25, -0.2) is 19.1 Å². The van der Waals surface area contributed by atoms with Crippen molar-refractivity contribution in [2.45, 2.75) is 64.5 Å². The van der Waals surface area contributed by atoms with Gasteiger partial charge in [0.05, 0.1) is 37.7 Å². The number of sulfone groups is 1. The highest BCUT2D eigenvalue weighted by molar-refractivity contribution is 8.06. The first-order valence-electron chi connectivity index (χ1n) is 27.4. The van der Waals surface area contributed by atoms with Crippen molar-refractivity contribution in [1.29, 1.82) is 5.41 Å². The summed E-state index contributed by atoms with van der Waals surface area (Å²) in [5.74, 6) is 7.93. The molecular weight excluding hydrogens is 1080 g/mol. The van der Waals surface area contributed by atoms with Gasteiger partial charge < -0.3 is 45.0 Å². The minimum Gasteiger partial charge on any atom is -0.493 e. The van der Waals surface area contributed by atoms with Gasteiger partial charge in [-0.1, -0.05) is 121 Å². The molecule has 0 saturated carbocycles. The van der Waals surface area contributed by atoms with Crippen molar-refractivity contribution in [2.24, 2.45) is 5.84 Å². The third-order valence-electron chi connectivity index (χ3n) is 13.8. The van der Waals surface area contributed by atoms with Gasteiger partial charge in [-0.05, 0) is 127 Å². The lowest BCUT2D eigenvalue weighted by molar-refractivity contribution is 0.0162. The van der Waals surface area contributed by atoms with Crippen LogP contribution in [0.2, 0.25) is 0 Å². The zero-order chi connectivity index (χ0) is 59.7. The van der Waals surface area contributed by atoms with Crippen LogP contribution >= 0.6 is 0 Å². The SMILES string of the molecule is CN(C)c1ccccc1C=O.COc1cc2c(cc1OCc1ccccc1)CCN(C(=O)OC(C)(C)C)C2CS(=O)(=O)C(=N)N(N)c1ccccc1.COc1cc2c(cc1OCc1ccccc1)CCNC2/C=C/c1ccccc1N(C)C.N. The number of anilines is 3. The van der Waals surface area contributed by atoms with Gasteiger partial charge in [-0.2, -0.15) is 0 Å². The zero-order valence-corrected chi connectivity index (χ0v) is 50.4. The Bertz CT molecular complexity index is 3430. The van der Waals surface area contributed by atoms with Crippen LogP contribution in [0.1, 0.15) is 82.2 Å². The van der Waals surface area contributed by atoms with Crippen LogP contribution in [-0.2, 0) is 40.6 Å². The van der Waals surface area contributed by atoms with Crippen LogP contribution in [0, 0.1) is 5.41 Å². The summed E-state index contributed by atoms with van der Waals surface area (Å²) >= 11 is 0. The number of benzene rings is 7. The number of methoxy groups -OCH3 is 2. The van der Waals surface area contributed by atoms with E-state index in [4.69, 9.17) is 34.9 Å². The van der Waals surface area contributed by atoms with Crippen molar-refractivity contribution in [3.05, 3.63) is 214 Å². The van der Waals surface area contributed by atoms with Crippen molar-refractivity contribution < 1.29 is 41.7 Å². The molecule has 0 radical (unpaired) electrons. The highest BCUT2D eigenvalue weighted by atomic mass is 32.2. The Balaban J connectivity index is 0.000000231. The molecule has 0 saturated heterocycles. The first kappa shape index (κ1) is 64.5. The fourth-order valence-corrected chi connectivity index (χ4v) is 10.9. The minimum atomic E-state index is -4.27. The molecule has 7 aromatic rings. The van der Waals surface area contributed by atoms with Crippen molar-refractivity contribution in [3.8, 4) is 23.0 Å². The molecule has 2 atom stereocenters. The first-order chi connectivity index (χ1) is 39.8. The van der Waals surface area contributed by atoms with Crippen LogP contribution in [0.15, 0.2) is 170 Å². The first-order valence-corrected chi connectivity index (χ1v) is 29.0. The van der Waals surface area contributed by atoms with Crippen LogP contribution in [0.25, 0.3) is 6.08 Å². The predicted molar refractivity (Wildman–Crippen MR) is 337 cm³/mol. The average molecular weight is 1160 g/mol. The summed E-state index contributed by atoms with van der Waals surface area (Å²) in [6.07, 6.45) is 6.08. The van der Waals surface area contributed by atoms with Gasteiger partial charge in [0.25, 0.3) is 0 Å². The zero-order valence-electron chi connectivity index (χ0n) is 49.6. The second-order valence-corrected chi connectivity index (χ2v) is 23.2. The maximum absolute atomic E-state index is 13.6. The van der Waals surface area contributed by atoms with Crippen LogP contribution in [0.3, 0.4) is 0 Å². The van der Waals surface area contributed by atoms with Crippen molar-refractivity contribution in [3.63, 3.8) is 0 Å². The van der Waals surface area contributed by atoms with Gasteiger partial charge in [0.2, 0.25) is 15.0 Å². The molecule has 18 heteroatoms. The standard InChI is InChI=1S/C30H36N4O6S.C27H30N2O2.C9H11NO.H3N/c1-30(2,3)40-29(35)33-16-15-22-17-27(39-19-21-11-7-5-8-12-21)26(38-4)18-24(22)25(33)20-41(36,37)28(31)34(32)23-13-9-6-10-14-23;1-29(2)25-12-8-7-11-21(25)13-14-24-23-18-26(30-3)27(17-22(23)15-16-28-24)31-19-20-9-5-4-6-10-20;1-10(2)9-6-4-3-5-8(9)7-11;/h5-14,17-18,25,31H,15-16,19-20,32H2,1-4H3;4-14,17-18,24,28H,15-16,19H2,1-3H3;3-7H,1-2H3;1H3/b;14-13+;;. The molecule has 444 valence electrons. The summed E-state index contributed by atoms with van der Waals surface area (Å²) in [6.45, 7) is 7.23. The molecule has 0 fully saturated rings. The molecule has 7 N–H and O–H groups in total. The Morgan fingerprint density at radius 3 is 1.65 bits per heavy atom. The monoisotopic (exact) mass is 1160 g/mol. The lowest BCUT2D eigenvalue weighted by Crippen LogP contribution is -2.48. The quantitative estimate of drug-likeness (QED) is 0.0232. The van der Waals surface area contributed by atoms with Gasteiger partial charge >= 0.3 is 6.09 Å². The van der Waals surface area contributed by atoms with Gasteiger partial charge in [0.15, 0.2) is 29.3 Å². The Kier molecular flexibility index (Phi) is 23.1. The number of aldehydes is 1. The molecule has 17 nitrogen and oxygen atoms in total. The number of hydrogen-bond donors (Lipinski definition) is 4. The number of nitrogens with two attached hydrogens (primary N) is 1. The molecule has 2 unspecified atom stereocenters. The third kappa shape index (κ3) is 17.2. The number of amides is 1. The third-order valence-corrected chi connectivity index (χ3v) is 15.3. The minimum absolute atomic E-state index is 0. The van der Waals surface area contributed by atoms with E-state index in [9.17, 15) is 18.0 Å². The van der Waals surface area contributed by atoms with Crippen molar-refractivity contribution in [2.75, 3.05) is 76.1 Å². The van der Waals surface area contributed by atoms with Gasteiger partial charge in [-0.15, -0.1) is 0 Å². The largest absolute Gasteiger partial charge is 0.493 e. The van der Waals surface area contributed by atoms with Crippen LogP contribution < -0.4 is 51.1 Å². The maximum Gasteiger partial charge on any atom is 0.410 e. The van der Waals surface area contributed by atoms with Crippen LogP contribution in [-0.4, -0.2) is 97.7 Å². The second kappa shape index (κ2) is 30.0. The Labute approximate surface area is 495 Å². The number of hydrogen-bond acceptors (Lipinski definition) is 15. The molecule has 84 heavy (non-hydrogen) atoms. The smallest absolute Gasteiger partial charge is 0.410 e. The van der Waals surface area contributed by atoms with Crippen molar-refractivity contribution >= 4 is 50.5 Å². The second-order valence-electron chi connectivity index (χ2n) is 21.2. The molecule has 2 aliphatic heterocycles. The van der Waals surface area contributed by atoms with E-state index >= 15 is 0 Å². The van der Waals surface area contributed by atoms with E-state index in [-0.39, 0.29) is 18.7 Å². The average Bonchev–Trinajstić information content (AvgIpc) is 2.78. The van der Waals surface area contributed by atoms with E-state index < -0.39 is 38.5 Å². The molecule has 2 heterocycles. The summed E-state index contributed by atoms with van der Waals surface area (Å²) in [7, 11) is 6.91. The molecule has 0 spiro atoms. The number of rotatable bonds is 16. The molecule has 7 aromatic carbocycles. The van der Waals surface area contributed by atoms with Gasteiger partial charge in [0, 0.05) is 58.2 Å². The summed E-state index contributed by atoms with van der Waals surface area (Å²) < 4.78 is 56.3. The number of nitrogens with zero attached hydrogens (tertiary/aromatic N) is 4. The number of carbonyl (C=O) groups excluding carboxylic acids is 2. The molecule has 0 aliphatic carbocycles. The molecule has 9 rings (SSSR count). The molecule has 0 bridgehead atoms. The Morgan fingerprint density at radius 2 is 1.15 bits per heavy atom. The van der Waals surface area contributed by atoms with Gasteiger partial charge in [-0.3, -0.25) is 20.1 Å². The molecule has 1 amide bonds. The lowest BCUT2D eigenvalue weighted by Gasteiger charge is -2.38. The number of amidine groups is 1. The summed E-state index contributed by atoms with van der Waals surface area (Å²) in [4.78, 5) is 29.3. The number of nitrogens with one attached hydrogen (secondary N) is 2. The fraction of sp³-hybridized carbons (Fsp3) is 0.288. The number of fused-ring (bicyclic) bond motifs is 2. The van der Waals surface area contributed by atoms with Crippen LogP contribution in [0.5, 0.6) is 23.0 Å². The Hall–Kier alpha value is -8.68. The van der Waals surface area contributed by atoms with E-state index in [1.807, 2.05) is 97.9 Å².